The van der Waals surface area contributed by atoms with Crippen molar-refractivity contribution in [2.24, 2.45) is 0 Å². The zero-order valence-electron chi connectivity index (χ0n) is 11.6. The lowest BCUT2D eigenvalue weighted by atomic mass is 10.2. The average Bonchev–Trinajstić information content (AvgIpc) is 3.08. The van der Waals surface area contributed by atoms with Crippen molar-refractivity contribution < 1.29 is 4.39 Å². The van der Waals surface area contributed by atoms with Crippen molar-refractivity contribution in [2.75, 3.05) is 5.88 Å². The molecule has 0 fully saturated rings. The zero-order chi connectivity index (χ0) is 14.8. The molecule has 0 radical (unpaired) electrons. The van der Waals surface area contributed by atoms with Crippen molar-refractivity contribution >= 4 is 34.0 Å². The highest BCUT2D eigenvalue weighted by molar-refractivity contribution is 7.09. The molecule has 1 atom stereocenters. The maximum Gasteiger partial charge on any atom is 0.125 e. The third-order valence-electron chi connectivity index (χ3n) is 3.44. The SMILES string of the molecule is CC(Cn1c(CCCl)nc2cc(F)ccc21)c1nccs1. The summed E-state index contributed by atoms with van der Waals surface area (Å²) in [5, 5.41) is 3.07. The fraction of sp³-hybridized carbons (Fsp3) is 0.333. The minimum Gasteiger partial charge on any atom is -0.327 e. The summed E-state index contributed by atoms with van der Waals surface area (Å²) in [7, 11) is 0. The molecule has 110 valence electrons. The lowest BCUT2D eigenvalue weighted by molar-refractivity contribution is 0.586. The third-order valence-corrected chi connectivity index (χ3v) is 4.63. The van der Waals surface area contributed by atoms with Crippen LogP contribution < -0.4 is 0 Å². The molecule has 3 rings (SSSR count). The first-order valence-electron chi connectivity index (χ1n) is 6.79. The van der Waals surface area contributed by atoms with Gasteiger partial charge in [-0.3, -0.25) is 0 Å². The van der Waals surface area contributed by atoms with Gasteiger partial charge in [0.25, 0.3) is 0 Å². The van der Waals surface area contributed by atoms with E-state index in [0.717, 1.165) is 22.9 Å². The van der Waals surface area contributed by atoms with Crippen molar-refractivity contribution in [3.8, 4) is 0 Å². The predicted molar refractivity (Wildman–Crippen MR) is 84.6 cm³/mol. The van der Waals surface area contributed by atoms with Gasteiger partial charge in [0.2, 0.25) is 0 Å². The molecule has 0 amide bonds. The molecule has 0 spiro atoms. The van der Waals surface area contributed by atoms with Gasteiger partial charge in [0, 0.05) is 42.4 Å². The minimum absolute atomic E-state index is 0.266. The number of benzene rings is 1. The van der Waals surface area contributed by atoms with Gasteiger partial charge < -0.3 is 4.57 Å². The molecule has 1 aromatic carbocycles. The molecule has 6 heteroatoms. The highest BCUT2D eigenvalue weighted by Gasteiger charge is 2.16. The number of halogens is 2. The first-order valence-corrected chi connectivity index (χ1v) is 8.20. The molecule has 21 heavy (non-hydrogen) atoms. The molecule has 3 nitrogen and oxygen atoms in total. The van der Waals surface area contributed by atoms with Gasteiger partial charge in [-0.1, -0.05) is 6.92 Å². The Bertz CT molecular complexity index is 739. The lowest BCUT2D eigenvalue weighted by Crippen LogP contribution is -2.10. The van der Waals surface area contributed by atoms with Crippen LogP contribution in [-0.4, -0.2) is 20.4 Å². The van der Waals surface area contributed by atoms with E-state index in [2.05, 4.69) is 21.5 Å². The molecule has 0 saturated heterocycles. The first-order chi connectivity index (χ1) is 10.2. The van der Waals surface area contributed by atoms with E-state index in [1.165, 1.54) is 12.1 Å². The molecule has 2 heterocycles. The maximum atomic E-state index is 13.4. The Balaban J connectivity index is 2.00. The normalized spacial score (nSPS) is 12.9. The van der Waals surface area contributed by atoms with Crippen LogP contribution in [0.2, 0.25) is 0 Å². The molecular weight excluding hydrogens is 309 g/mol. The molecule has 0 aliphatic heterocycles. The molecule has 0 bridgehead atoms. The first kappa shape index (κ1) is 14.5. The zero-order valence-corrected chi connectivity index (χ0v) is 13.2. The second-order valence-corrected chi connectivity index (χ2v) is 6.29. The summed E-state index contributed by atoms with van der Waals surface area (Å²) < 4.78 is 15.5. The molecule has 0 aliphatic carbocycles. The largest absolute Gasteiger partial charge is 0.327 e. The molecule has 0 aliphatic rings. The summed E-state index contributed by atoms with van der Waals surface area (Å²) >= 11 is 7.51. The number of aryl methyl sites for hydroxylation is 1. The number of fused-ring (bicyclic) bond motifs is 1. The fourth-order valence-electron chi connectivity index (χ4n) is 2.46. The van der Waals surface area contributed by atoms with E-state index in [9.17, 15) is 4.39 Å². The van der Waals surface area contributed by atoms with Crippen molar-refractivity contribution in [3.05, 3.63) is 46.4 Å². The van der Waals surface area contributed by atoms with Crippen LogP contribution in [0, 0.1) is 5.82 Å². The number of alkyl halides is 1. The van der Waals surface area contributed by atoms with E-state index in [4.69, 9.17) is 11.6 Å². The summed E-state index contributed by atoms with van der Waals surface area (Å²) in [5.74, 6) is 1.41. The smallest absolute Gasteiger partial charge is 0.125 e. The number of hydrogen-bond acceptors (Lipinski definition) is 3. The number of nitrogens with zero attached hydrogens (tertiary/aromatic N) is 3. The van der Waals surface area contributed by atoms with Gasteiger partial charge in [-0.15, -0.1) is 22.9 Å². The number of thiazole rings is 1. The Kier molecular flexibility index (Phi) is 4.22. The van der Waals surface area contributed by atoms with E-state index in [0.29, 0.717) is 17.8 Å². The van der Waals surface area contributed by atoms with Crippen LogP contribution >= 0.6 is 22.9 Å². The van der Waals surface area contributed by atoms with Crippen molar-refractivity contribution in [1.29, 1.82) is 0 Å². The average molecular weight is 324 g/mol. The van der Waals surface area contributed by atoms with E-state index in [-0.39, 0.29) is 11.7 Å². The van der Waals surface area contributed by atoms with Crippen LogP contribution in [0.15, 0.2) is 29.8 Å². The Hall–Kier alpha value is -1.46. The number of rotatable bonds is 5. The fourth-order valence-corrected chi connectivity index (χ4v) is 3.32. The van der Waals surface area contributed by atoms with Gasteiger partial charge in [-0.2, -0.15) is 0 Å². The van der Waals surface area contributed by atoms with Gasteiger partial charge in [0.1, 0.15) is 11.6 Å². The van der Waals surface area contributed by atoms with Gasteiger partial charge in [0.15, 0.2) is 0 Å². The molecule has 1 unspecified atom stereocenters. The van der Waals surface area contributed by atoms with Crippen molar-refractivity contribution in [2.45, 2.75) is 25.8 Å². The standard InChI is InChI=1S/C15H15ClFN3S/c1-10(15-18-6-7-21-15)9-20-13-3-2-11(17)8-12(13)19-14(20)4-5-16/h2-3,6-8,10H,4-5,9H2,1H3. The Morgan fingerprint density at radius 3 is 3.00 bits per heavy atom. The molecule has 3 aromatic rings. The summed E-state index contributed by atoms with van der Waals surface area (Å²) in [5.41, 5.74) is 1.63. The summed E-state index contributed by atoms with van der Waals surface area (Å²) in [6.45, 7) is 2.90. The second kappa shape index (κ2) is 6.12. The second-order valence-electron chi connectivity index (χ2n) is 4.98. The van der Waals surface area contributed by atoms with Gasteiger partial charge in [-0.05, 0) is 12.1 Å². The van der Waals surface area contributed by atoms with Crippen LogP contribution in [0.5, 0.6) is 0 Å². The molecule has 0 saturated carbocycles. The molecular formula is C15H15ClFN3S. The van der Waals surface area contributed by atoms with E-state index in [1.54, 1.807) is 17.4 Å². The topological polar surface area (TPSA) is 30.7 Å². The van der Waals surface area contributed by atoms with Crippen molar-refractivity contribution in [3.63, 3.8) is 0 Å². The van der Waals surface area contributed by atoms with E-state index < -0.39 is 0 Å². The molecule has 2 aromatic heterocycles. The monoisotopic (exact) mass is 323 g/mol. The third kappa shape index (κ3) is 2.94. The Morgan fingerprint density at radius 2 is 2.29 bits per heavy atom. The quantitative estimate of drug-likeness (QED) is 0.658. The Labute approximate surface area is 131 Å². The van der Waals surface area contributed by atoms with Gasteiger partial charge >= 0.3 is 0 Å². The van der Waals surface area contributed by atoms with E-state index >= 15 is 0 Å². The van der Waals surface area contributed by atoms with Crippen LogP contribution in [0.3, 0.4) is 0 Å². The highest BCUT2D eigenvalue weighted by atomic mass is 35.5. The molecule has 0 N–H and O–H groups in total. The number of imidazole rings is 1. The predicted octanol–water partition coefficient (Wildman–Crippen LogP) is 4.22. The van der Waals surface area contributed by atoms with Crippen LogP contribution in [-0.2, 0) is 13.0 Å². The van der Waals surface area contributed by atoms with Crippen LogP contribution in [0.1, 0.15) is 23.7 Å². The Morgan fingerprint density at radius 1 is 1.43 bits per heavy atom. The van der Waals surface area contributed by atoms with E-state index in [1.807, 2.05) is 11.6 Å². The number of aromatic nitrogens is 3. The highest BCUT2D eigenvalue weighted by Crippen LogP contribution is 2.24. The summed E-state index contributed by atoms with van der Waals surface area (Å²) in [4.78, 5) is 8.88. The van der Waals surface area contributed by atoms with Crippen LogP contribution in [0.25, 0.3) is 11.0 Å². The maximum absolute atomic E-state index is 13.4. The van der Waals surface area contributed by atoms with Gasteiger partial charge in [0.05, 0.1) is 16.0 Å². The van der Waals surface area contributed by atoms with Crippen molar-refractivity contribution in [1.82, 2.24) is 14.5 Å². The van der Waals surface area contributed by atoms with Gasteiger partial charge in [-0.25, -0.2) is 14.4 Å². The van der Waals surface area contributed by atoms with Crippen LogP contribution in [0.4, 0.5) is 4.39 Å². The summed E-state index contributed by atoms with van der Waals surface area (Å²) in [6.07, 6.45) is 2.49. The number of hydrogen-bond donors (Lipinski definition) is 0. The summed E-state index contributed by atoms with van der Waals surface area (Å²) in [6, 6.07) is 4.72. The minimum atomic E-state index is -0.266. The lowest BCUT2D eigenvalue weighted by Gasteiger charge is -2.13.